The van der Waals surface area contributed by atoms with Crippen molar-refractivity contribution in [1.82, 2.24) is 10.6 Å². The highest BCUT2D eigenvalue weighted by Crippen LogP contribution is 2.38. The minimum Gasteiger partial charge on any atom is -0.318 e. The SMILES string of the molecule is Cc1ccc(N2C(=O)N[C@](NC(=O)C3CC3)(C(F)(F)F)C2=O)cc1C. The third-order valence-corrected chi connectivity index (χ3v) is 4.45. The van der Waals surface area contributed by atoms with Crippen molar-refractivity contribution in [3.05, 3.63) is 29.3 Å². The molecule has 0 spiro atoms. The number of carbonyl (C=O) groups is 3. The Kier molecular flexibility index (Phi) is 3.77. The number of alkyl halides is 3. The molecule has 6 nitrogen and oxygen atoms in total. The van der Waals surface area contributed by atoms with Crippen LogP contribution >= 0.6 is 0 Å². The van der Waals surface area contributed by atoms with Crippen molar-refractivity contribution in [2.45, 2.75) is 38.5 Å². The minimum atomic E-state index is -5.18. The van der Waals surface area contributed by atoms with E-state index in [0.717, 1.165) is 5.56 Å². The molecule has 1 saturated carbocycles. The summed E-state index contributed by atoms with van der Waals surface area (Å²) in [6.07, 6.45) is -4.26. The number of urea groups is 1. The summed E-state index contributed by atoms with van der Waals surface area (Å²) in [6, 6.07) is 3.19. The monoisotopic (exact) mass is 355 g/mol. The van der Waals surface area contributed by atoms with Crippen LogP contribution in [0.25, 0.3) is 0 Å². The molecule has 134 valence electrons. The standard InChI is InChI=1S/C16H16F3N3O3/c1-8-3-6-11(7-9(8)2)22-13(24)15(16(17,18)19,21-14(22)25)20-12(23)10-4-5-10/h3,6-7,10H,4-5H2,1-2H3,(H,20,23)(H,21,25)/t15-/m0/s1. The van der Waals surface area contributed by atoms with Crippen molar-refractivity contribution in [2.24, 2.45) is 5.92 Å². The van der Waals surface area contributed by atoms with E-state index in [1.54, 1.807) is 30.5 Å². The molecule has 2 N–H and O–H groups in total. The Morgan fingerprint density at radius 1 is 1.24 bits per heavy atom. The second-order valence-electron chi connectivity index (χ2n) is 6.35. The number of aryl methyl sites for hydroxylation is 2. The average molecular weight is 355 g/mol. The summed E-state index contributed by atoms with van der Waals surface area (Å²) in [7, 11) is 0. The molecular weight excluding hydrogens is 339 g/mol. The highest BCUT2D eigenvalue weighted by atomic mass is 19.4. The number of benzene rings is 1. The molecule has 1 aliphatic carbocycles. The predicted octanol–water partition coefficient (Wildman–Crippen LogP) is 2.14. The molecule has 0 radical (unpaired) electrons. The molecule has 1 atom stereocenters. The number of nitrogens with one attached hydrogen (secondary N) is 2. The number of hydrogen-bond donors (Lipinski definition) is 2. The van der Waals surface area contributed by atoms with Crippen LogP contribution in [0.3, 0.4) is 0 Å². The van der Waals surface area contributed by atoms with Gasteiger partial charge >= 0.3 is 12.2 Å². The van der Waals surface area contributed by atoms with Crippen LogP contribution in [0.15, 0.2) is 18.2 Å². The Morgan fingerprint density at radius 3 is 2.40 bits per heavy atom. The van der Waals surface area contributed by atoms with Gasteiger partial charge in [0.2, 0.25) is 5.91 Å². The maximum absolute atomic E-state index is 13.6. The van der Waals surface area contributed by atoms with Crippen LogP contribution < -0.4 is 15.5 Å². The third-order valence-electron chi connectivity index (χ3n) is 4.45. The lowest BCUT2D eigenvalue weighted by Gasteiger charge is -2.29. The van der Waals surface area contributed by atoms with Crippen molar-refractivity contribution < 1.29 is 27.6 Å². The molecule has 0 unspecified atom stereocenters. The Hall–Kier alpha value is -2.58. The zero-order chi connectivity index (χ0) is 18.6. The van der Waals surface area contributed by atoms with Gasteiger partial charge in [0.15, 0.2) is 0 Å². The third kappa shape index (κ3) is 2.73. The fourth-order valence-electron chi connectivity index (χ4n) is 2.61. The number of rotatable bonds is 3. The summed E-state index contributed by atoms with van der Waals surface area (Å²) in [5.74, 6) is -3.02. The number of hydrogen-bond acceptors (Lipinski definition) is 3. The summed E-state index contributed by atoms with van der Waals surface area (Å²) in [6.45, 7) is 3.50. The summed E-state index contributed by atoms with van der Waals surface area (Å²) >= 11 is 0. The number of amides is 4. The first-order valence-corrected chi connectivity index (χ1v) is 7.69. The van der Waals surface area contributed by atoms with Gasteiger partial charge in [-0.15, -0.1) is 0 Å². The van der Waals surface area contributed by atoms with Gasteiger partial charge in [-0.3, -0.25) is 14.9 Å². The van der Waals surface area contributed by atoms with E-state index < -0.39 is 35.6 Å². The zero-order valence-corrected chi connectivity index (χ0v) is 13.5. The molecule has 4 amide bonds. The Labute approximate surface area is 141 Å². The van der Waals surface area contributed by atoms with Crippen LogP contribution in [0.1, 0.15) is 24.0 Å². The zero-order valence-electron chi connectivity index (χ0n) is 13.5. The van der Waals surface area contributed by atoms with Gasteiger partial charge in [0.1, 0.15) is 0 Å². The van der Waals surface area contributed by atoms with E-state index in [0.29, 0.717) is 23.3 Å². The molecule has 2 fully saturated rings. The molecule has 1 heterocycles. The molecule has 3 rings (SSSR count). The van der Waals surface area contributed by atoms with E-state index in [2.05, 4.69) is 0 Å². The first-order valence-electron chi connectivity index (χ1n) is 7.69. The molecule has 1 aromatic carbocycles. The summed E-state index contributed by atoms with van der Waals surface area (Å²) in [5, 5.41) is 3.35. The van der Waals surface area contributed by atoms with Gasteiger partial charge in [-0.2, -0.15) is 13.2 Å². The molecule has 9 heteroatoms. The Bertz CT molecular complexity index is 774. The van der Waals surface area contributed by atoms with Gasteiger partial charge in [0.25, 0.3) is 11.6 Å². The predicted molar refractivity (Wildman–Crippen MR) is 81.6 cm³/mol. The van der Waals surface area contributed by atoms with Crippen molar-refractivity contribution in [1.29, 1.82) is 0 Å². The van der Waals surface area contributed by atoms with Gasteiger partial charge in [-0.05, 0) is 49.9 Å². The molecule has 1 saturated heterocycles. The smallest absolute Gasteiger partial charge is 0.318 e. The van der Waals surface area contributed by atoms with Crippen molar-refractivity contribution >= 4 is 23.5 Å². The van der Waals surface area contributed by atoms with Crippen molar-refractivity contribution in [3.63, 3.8) is 0 Å². The highest BCUT2D eigenvalue weighted by molar-refractivity contribution is 6.24. The van der Waals surface area contributed by atoms with Gasteiger partial charge in [-0.1, -0.05) is 6.07 Å². The van der Waals surface area contributed by atoms with Crippen LogP contribution in [0.2, 0.25) is 0 Å². The van der Waals surface area contributed by atoms with Crippen LogP contribution in [0.4, 0.5) is 23.7 Å². The highest BCUT2D eigenvalue weighted by Gasteiger charge is 2.69. The van der Waals surface area contributed by atoms with Crippen LogP contribution in [-0.4, -0.2) is 29.7 Å². The van der Waals surface area contributed by atoms with E-state index in [9.17, 15) is 27.6 Å². The second kappa shape index (κ2) is 5.47. The fourth-order valence-corrected chi connectivity index (χ4v) is 2.61. The Morgan fingerprint density at radius 2 is 1.88 bits per heavy atom. The number of halogens is 3. The first-order chi connectivity index (χ1) is 11.6. The molecule has 25 heavy (non-hydrogen) atoms. The van der Waals surface area contributed by atoms with Gasteiger partial charge in [0, 0.05) is 5.92 Å². The molecule has 0 aromatic heterocycles. The topological polar surface area (TPSA) is 78.5 Å². The minimum absolute atomic E-state index is 0.0115. The summed E-state index contributed by atoms with van der Waals surface area (Å²) in [4.78, 5) is 37.0. The fraction of sp³-hybridized carbons (Fsp3) is 0.438. The van der Waals surface area contributed by atoms with Crippen LogP contribution in [-0.2, 0) is 9.59 Å². The lowest BCUT2D eigenvalue weighted by atomic mass is 10.1. The second-order valence-corrected chi connectivity index (χ2v) is 6.35. The van der Waals surface area contributed by atoms with Crippen LogP contribution in [0.5, 0.6) is 0 Å². The summed E-state index contributed by atoms with van der Waals surface area (Å²) in [5.41, 5.74) is -1.86. The largest absolute Gasteiger partial charge is 0.440 e. The quantitative estimate of drug-likeness (QED) is 0.816. The first kappa shape index (κ1) is 17.2. The van der Waals surface area contributed by atoms with E-state index in [1.807, 2.05) is 0 Å². The Balaban J connectivity index is 2.00. The number of imide groups is 1. The number of nitrogens with zero attached hydrogens (tertiary/aromatic N) is 1. The van der Waals surface area contributed by atoms with Crippen molar-refractivity contribution in [3.8, 4) is 0 Å². The number of carbonyl (C=O) groups excluding carboxylic acids is 3. The van der Waals surface area contributed by atoms with Gasteiger partial charge in [0.05, 0.1) is 5.69 Å². The number of anilines is 1. The van der Waals surface area contributed by atoms with Crippen molar-refractivity contribution in [2.75, 3.05) is 4.90 Å². The van der Waals surface area contributed by atoms with E-state index >= 15 is 0 Å². The lowest BCUT2D eigenvalue weighted by Crippen LogP contribution is -2.69. The summed E-state index contributed by atoms with van der Waals surface area (Å²) < 4.78 is 40.9. The van der Waals surface area contributed by atoms with E-state index in [1.165, 1.54) is 12.1 Å². The van der Waals surface area contributed by atoms with Gasteiger partial charge in [-0.25, -0.2) is 9.69 Å². The van der Waals surface area contributed by atoms with E-state index in [4.69, 9.17) is 0 Å². The molecule has 1 aliphatic heterocycles. The molecule has 0 bridgehead atoms. The lowest BCUT2D eigenvalue weighted by molar-refractivity contribution is -0.201. The maximum Gasteiger partial charge on any atom is 0.440 e. The molecule has 2 aliphatic rings. The van der Waals surface area contributed by atoms with Gasteiger partial charge < -0.3 is 5.32 Å². The molecular formula is C16H16F3N3O3. The maximum atomic E-state index is 13.6. The molecule has 1 aromatic rings. The van der Waals surface area contributed by atoms with Crippen LogP contribution in [0, 0.1) is 19.8 Å². The van der Waals surface area contributed by atoms with E-state index in [-0.39, 0.29) is 5.69 Å². The average Bonchev–Trinajstić information content (AvgIpc) is 3.30. The normalized spacial score (nSPS) is 23.6.